The monoisotopic (exact) mass is 373 g/mol. The summed E-state index contributed by atoms with van der Waals surface area (Å²) in [6.45, 7) is 2.91. The minimum absolute atomic E-state index is 0.0690. The zero-order valence-corrected chi connectivity index (χ0v) is 15.4. The Labute approximate surface area is 154 Å². The number of rotatable bonds is 6. The summed E-state index contributed by atoms with van der Waals surface area (Å²) in [5.41, 5.74) is 2.17. The van der Waals surface area contributed by atoms with Crippen molar-refractivity contribution < 1.29 is 13.2 Å². The van der Waals surface area contributed by atoms with Crippen LogP contribution in [0.5, 0.6) is 0 Å². The zero-order valence-electron chi connectivity index (χ0n) is 14.6. The van der Waals surface area contributed by atoms with Crippen LogP contribution in [0.25, 0.3) is 0 Å². The van der Waals surface area contributed by atoms with Crippen molar-refractivity contribution in [1.29, 1.82) is 0 Å². The van der Waals surface area contributed by atoms with E-state index >= 15 is 0 Å². The molecule has 0 aromatic carbocycles. The van der Waals surface area contributed by atoms with Crippen molar-refractivity contribution in [3.63, 3.8) is 0 Å². The number of likely N-dealkylation sites (tertiary alicyclic amines) is 1. The summed E-state index contributed by atoms with van der Waals surface area (Å²) in [5.74, 6) is 0.344. The topological polar surface area (TPSA) is 72.4 Å². The molecule has 0 N–H and O–H groups in total. The second kappa shape index (κ2) is 7.06. The molecule has 4 heterocycles. The lowest BCUT2D eigenvalue weighted by atomic mass is 9.83. The van der Waals surface area contributed by atoms with Gasteiger partial charge in [-0.1, -0.05) is 6.07 Å². The van der Waals surface area contributed by atoms with Gasteiger partial charge >= 0.3 is 0 Å². The van der Waals surface area contributed by atoms with E-state index in [0.717, 1.165) is 17.7 Å². The van der Waals surface area contributed by atoms with E-state index in [1.807, 2.05) is 30.5 Å². The van der Waals surface area contributed by atoms with Gasteiger partial charge in [0.2, 0.25) is 0 Å². The second-order valence-corrected chi connectivity index (χ2v) is 9.70. The van der Waals surface area contributed by atoms with Gasteiger partial charge in [-0.3, -0.25) is 14.9 Å². The molecule has 1 spiro atoms. The van der Waals surface area contributed by atoms with E-state index in [1.54, 1.807) is 18.6 Å². The first-order valence-electron chi connectivity index (χ1n) is 8.89. The molecule has 0 aliphatic carbocycles. The van der Waals surface area contributed by atoms with E-state index < -0.39 is 14.6 Å². The molecule has 2 aromatic heterocycles. The fourth-order valence-corrected chi connectivity index (χ4v) is 6.53. The highest BCUT2D eigenvalue weighted by atomic mass is 32.2. The molecule has 2 fully saturated rings. The molecule has 2 saturated heterocycles. The van der Waals surface area contributed by atoms with E-state index in [-0.39, 0.29) is 11.7 Å². The van der Waals surface area contributed by atoms with Gasteiger partial charge in [0.25, 0.3) is 0 Å². The van der Waals surface area contributed by atoms with Crippen molar-refractivity contribution in [2.24, 2.45) is 5.92 Å². The van der Waals surface area contributed by atoms with Gasteiger partial charge in [0, 0.05) is 50.3 Å². The summed E-state index contributed by atoms with van der Waals surface area (Å²) >= 11 is 0. The predicted molar refractivity (Wildman–Crippen MR) is 98.0 cm³/mol. The number of ether oxygens (including phenoxy) is 1. The van der Waals surface area contributed by atoms with Crippen LogP contribution in [0.1, 0.15) is 17.5 Å². The van der Waals surface area contributed by atoms with Crippen LogP contribution in [-0.2, 0) is 27.7 Å². The van der Waals surface area contributed by atoms with Crippen molar-refractivity contribution in [2.45, 2.75) is 24.3 Å². The Hall–Kier alpha value is -1.83. The molecule has 26 heavy (non-hydrogen) atoms. The fraction of sp³-hybridized carbons (Fsp3) is 0.474. The molecule has 0 unspecified atom stereocenters. The minimum Gasteiger partial charge on any atom is -0.376 e. The normalized spacial score (nSPS) is 23.8. The summed E-state index contributed by atoms with van der Waals surface area (Å²) in [6, 6.07) is 7.77. The molecule has 0 radical (unpaired) electrons. The number of nitrogens with zero attached hydrogens (tertiary/aromatic N) is 3. The molecule has 7 heteroatoms. The summed E-state index contributed by atoms with van der Waals surface area (Å²) in [5, 5.41) is 0. The van der Waals surface area contributed by atoms with Gasteiger partial charge in [-0.05, 0) is 35.7 Å². The lowest BCUT2D eigenvalue weighted by Gasteiger charge is -2.50. The Bertz CT molecular complexity index is 837. The first-order valence-corrected chi connectivity index (χ1v) is 10.5. The van der Waals surface area contributed by atoms with Crippen LogP contribution >= 0.6 is 0 Å². The summed E-state index contributed by atoms with van der Waals surface area (Å²) < 4.78 is 30.6. The maximum absolute atomic E-state index is 12.7. The highest BCUT2D eigenvalue weighted by molar-refractivity contribution is 7.93. The molecular weight excluding hydrogens is 350 g/mol. The van der Waals surface area contributed by atoms with Gasteiger partial charge in [0.15, 0.2) is 9.84 Å². The smallest absolute Gasteiger partial charge is 0.158 e. The van der Waals surface area contributed by atoms with Crippen molar-refractivity contribution in [2.75, 3.05) is 25.4 Å². The minimum atomic E-state index is -3.07. The van der Waals surface area contributed by atoms with Crippen LogP contribution in [0.15, 0.2) is 49.1 Å². The Balaban J connectivity index is 1.37. The SMILES string of the molecule is O=S1(=O)CC[C@H](COCc2ccncc2)C12CN(Cc1cccnc1)C2. The highest BCUT2D eigenvalue weighted by Crippen LogP contribution is 2.45. The molecule has 1 atom stereocenters. The Morgan fingerprint density at radius 1 is 1.12 bits per heavy atom. The van der Waals surface area contributed by atoms with E-state index in [0.29, 0.717) is 32.7 Å². The van der Waals surface area contributed by atoms with Gasteiger partial charge in [-0.25, -0.2) is 8.42 Å². The first-order chi connectivity index (χ1) is 12.6. The van der Waals surface area contributed by atoms with E-state index in [9.17, 15) is 8.42 Å². The van der Waals surface area contributed by atoms with Gasteiger partial charge < -0.3 is 4.74 Å². The van der Waals surface area contributed by atoms with Crippen molar-refractivity contribution in [3.8, 4) is 0 Å². The number of pyridine rings is 2. The number of aromatic nitrogens is 2. The molecule has 0 saturated carbocycles. The van der Waals surface area contributed by atoms with Crippen molar-refractivity contribution >= 4 is 9.84 Å². The fourth-order valence-electron chi connectivity index (χ4n) is 4.08. The largest absolute Gasteiger partial charge is 0.376 e. The molecule has 0 bridgehead atoms. The third kappa shape index (κ3) is 3.26. The van der Waals surface area contributed by atoms with Crippen LogP contribution < -0.4 is 0 Å². The molecule has 2 aliphatic heterocycles. The molecule has 4 rings (SSSR count). The first kappa shape index (κ1) is 17.6. The molecular formula is C19H23N3O3S. The third-order valence-corrected chi connectivity index (χ3v) is 8.15. The van der Waals surface area contributed by atoms with Crippen LogP contribution in [0.4, 0.5) is 0 Å². The maximum atomic E-state index is 12.7. The maximum Gasteiger partial charge on any atom is 0.158 e. The Morgan fingerprint density at radius 3 is 2.65 bits per heavy atom. The second-order valence-electron chi connectivity index (χ2n) is 7.25. The third-order valence-electron chi connectivity index (χ3n) is 5.55. The van der Waals surface area contributed by atoms with Crippen LogP contribution in [0, 0.1) is 5.92 Å². The van der Waals surface area contributed by atoms with Crippen LogP contribution in [0.2, 0.25) is 0 Å². The standard InChI is InChI=1S/C19H23N3O3S/c23-26(24)9-5-18(13-25-12-16-3-7-20-8-4-16)19(26)14-22(15-19)11-17-2-1-6-21-10-17/h1-4,6-8,10,18H,5,9,11-15H2/t18-/m1/s1. The van der Waals surface area contributed by atoms with Crippen LogP contribution in [0.3, 0.4) is 0 Å². The van der Waals surface area contributed by atoms with E-state index in [1.165, 1.54) is 0 Å². The Kier molecular flexibility index (Phi) is 4.77. The van der Waals surface area contributed by atoms with Gasteiger partial charge in [-0.2, -0.15) is 0 Å². The van der Waals surface area contributed by atoms with Gasteiger partial charge in [0.1, 0.15) is 4.75 Å². The van der Waals surface area contributed by atoms with Crippen molar-refractivity contribution in [1.82, 2.24) is 14.9 Å². The lowest BCUT2D eigenvalue weighted by molar-refractivity contribution is 0.0200. The number of sulfone groups is 1. The highest BCUT2D eigenvalue weighted by Gasteiger charge is 2.61. The van der Waals surface area contributed by atoms with Crippen molar-refractivity contribution in [3.05, 3.63) is 60.2 Å². The van der Waals surface area contributed by atoms with E-state index in [2.05, 4.69) is 14.9 Å². The lowest BCUT2D eigenvalue weighted by Crippen LogP contribution is -2.67. The average molecular weight is 373 g/mol. The average Bonchev–Trinajstić information content (AvgIpc) is 2.88. The molecule has 2 aromatic rings. The quantitative estimate of drug-likeness (QED) is 0.767. The molecule has 6 nitrogen and oxygen atoms in total. The molecule has 2 aliphatic rings. The Morgan fingerprint density at radius 2 is 1.92 bits per heavy atom. The molecule has 138 valence electrons. The molecule has 0 amide bonds. The number of hydrogen-bond donors (Lipinski definition) is 0. The summed E-state index contributed by atoms with van der Waals surface area (Å²) in [4.78, 5) is 10.3. The van der Waals surface area contributed by atoms with E-state index in [4.69, 9.17) is 4.74 Å². The summed E-state index contributed by atoms with van der Waals surface area (Å²) in [6.07, 6.45) is 7.76. The predicted octanol–water partition coefficient (Wildman–Crippen LogP) is 1.68. The van der Waals surface area contributed by atoms with Gasteiger partial charge in [-0.15, -0.1) is 0 Å². The van der Waals surface area contributed by atoms with Crippen LogP contribution in [-0.4, -0.2) is 53.5 Å². The number of hydrogen-bond acceptors (Lipinski definition) is 6. The van der Waals surface area contributed by atoms with Gasteiger partial charge in [0.05, 0.1) is 19.0 Å². The zero-order chi connectivity index (χ0) is 18.0. The summed E-state index contributed by atoms with van der Waals surface area (Å²) in [7, 11) is -3.07.